The molecule has 0 fully saturated rings. The molecule has 0 aromatic carbocycles. The van der Waals surface area contributed by atoms with Crippen LogP contribution in [0.4, 0.5) is 6.01 Å². The molecule has 0 saturated heterocycles. The number of hydrogen-bond acceptors (Lipinski definition) is 8. The number of nitrogens with one attached hydrogen (secondary N) is 2. The number of aromatic nitrogens is 2. The molecular formula is C5H8N4O4S. The van der Waals surface area contributed by atoms with Crippen molar-refractivity contribution in [2.45, 2.75) is 12.1 Å². The molecule has 0 atom stereocenters. The van der Waals surface area contributed by atoms with Crippen LogP contribution in [0.3, 0.4) is 0 Å². The smallest absolute Gasteiger partial charge is 0.313 e. The van der Waals surface area contributed by atoms with E-state index in [4.69, 9.17) is 0 Å². The van der Waals surface area contributed by atoms with Gasteiger partial charge in [-0.05, 0) is 5.16 Å². The molecule has 8 nitrogen and oxygen atoms in total. The van der Waals surface area contributed by atoms with Crippen LogP contribution >= 0.6 is 12.0 Å². The molecule has 0 aliphatic heterocycles. The summed E-state index contributed by atoms with van der Waals surface area (Å²) in [6.45, 7) is 1.34. The maximum absolute atomic E-state index is 10.5. The first-order valence-electron chi connectivity index (χ1n) is 3.46. The lowest BCUT2D eigenvalue weighted by atomic mass is 10.8. The monoisotopic (exact) mass is 220 g/mol. The van der Waals surface area contributed by atoms with Gasteiger partial charge in [-0.15, -0.1) is 0 Å². The minimum Gasteiger partial charge on any atom is -0.313 e. The first-order chi connectivity index (χ1) is 6.72. The molecule has 0 aliphatic carbocycles. The van der Waals surface area contributed by atoms with Crippen molar-refractivity contribution in [3.63, 3.8) is 0 Å². The van der Waals surface area contributed by atoms with E-state index in [-0.39, 0.29) is 17.1 Å². The van der Waals surface area contributed by atoms with Gasteiger partial charge >= 0.3 is 6.01 Å². The third kappa shape index (κ3) is 3.60. The van der Waals surface area contributed by atoms with Crippen molar-refractivity contribution < 1.29 is 18.5 Å². The van der Waals surface area contributed by atoms with Crippen LogP contribution in [-0.2, 0) is 14.0 Å². The average molecular weight is 220 g/mol. The molecule has 1 rings (SSSR count). The van der Waals surface area contributed by atoms with Gasteiger partial charge in [0.15, 0.2) is 0 Å². The Balaban J connectivity index is 2.38. The summed E-state index contributed by atoms with van der Waals surface area (Å²) in [5, 5.41) is 3.71. The van der Waals surface area contributed by atoms with Crippen molar-refractivity contribution >= 4 is 24.0 Å². The molecule has 1 aromatic rings. The van der Waals surface area contributed by atoms with Crippen LogP contribution in [0.1, 0.15) is 6.92 Å². The number of anilines is 1. The Morgan fingerprint density at radius 2 is 2.43 bits per heavy atom. The minimum atomic E-state index is -0.273. The number of amides is 1. The molecule has 0 bridgehead atoms. The predicted octanol–water partition coefficient (Wildman–Crippen LogP) is 0.118. The zero-order chi connectivity index (χ0) is 10.4. The minimum absolute atomic E-state index is 0.0578. The van der Waals surface area contributed by atoms with Crippen LogP contribution in [0.2, 0.25) is 0 Å². The predicted molar refractivity (Wildman–Crippen MR) is 45.7 cm³/mol. The molecule has 0 unspecified atom stereocenters. The van der Waals surface area contributed by atoms with Crippen LogP contribution in [0.15, 0.2) is 9.68 Å². The van der Waals surface area contributed by atoms with Gasteiger partial charge in [-0.1, -0.05) is 0 Å². The normalized spacial score (nSPS) is 9.86. The Hall–Kier alpha value is -1.32. The molecule has 0 aliphatic rings. The van der Waals surface area contributed by atoms with Crippen LogP contribution in [0.5, 0.6) is 0 Å². The maximum Gasteiger partial charge on any atom is 0.340 e. The summed E-state index contributed by atoms with van der Waals surface area (Å²) in [4.78, 5) is 18.6. The zero-order valence-electron chi connectivity index (χ0n) is 7.44. The molecule has 14 heavy (non-hydrogen) atoms. The van der Waals surface area contributed by atoms with Gasteiger partial charge in [0.1, 0.15) is 12.0 Å². The summed E-state index contributed by atoms with van der Waals surface area (Å²) < 4.78 is 9.14. The second-order valence-electron chi connectivity index (χ2n) is 2.01. The Labute approximate surface area is 83.4 Å². The number of carbonyl (C=O) groups is 1. The summed E-state index contributed by atoms with van der Waals surface area (Å²) in [6.07, 6.45) is 0. The molecule has 1 amide bonds. The first kappa shape index (κ1) is 10.8. The number of hydrazine groups is 1. The van der Waals surface area contributed by atoms with E-state index in [9.17, 15) is 4.79 Å². The molecule has 2 N–H and O–H groups in total. The van der Waals surface area contributed by atoms with Gasteiger partial charge in [-0.3, -0.25) is 10.2 Å². The fourth-order valence-corrected chi connectivity index (χ4v) is 0.817. The van der Waals surface area contributed by atoms with Crippen LogP contribution in [0, 0.1) is 0 Å². The molecule has 0 saturated carbocycles. The van der Waals surface area contributed by atoms with E-state index in [0.29, 0.717) is 0 Å². The summed E-state index contributed by atoms with van der Waals surface area (Å²) in [5.74, 6) is -0.273. The second kappa shape index (κ2) is 5.42. The lowest BCUT2D eigenvalue weighted by molar-refractivity contribution is -0.160. The largest absolute Gasteiger partial charge is 0.340 e. The molecule has 0 spiro atoms. The van der Waals surface area contributed by atoms with Crippen LogP contribution in [0.25, 0.3) is 0 Å². The van der Waals surface area contributed by atoms with Gasteiger partial charge in [0.2, 0.25) is 5.91 Å². The summed E-state index contributed by atoms with van der Waals surface area (Å²) in [7, 11) is 1.35. The van der Waals surface area contributed by atoms with Gasteiger partial charge in [-0.25, -0.2) is 10.3 Å². The lowest BCUT2D eigenvalue weighted by Crippen LogP contribution is -2.26. The number of hydrogen-bond donors (Lipinski definition) is 2. The molecule has 1 aromatic heterocycles. The summed E-state index contributed by atoms with van der Waals surface area (Å²) >= 11 is 0.785. The van der Waals surface area contributed by atoms with E-state index in [1.54, 1.807) is 0 Å². The molecule has 0 radical (unpaired) electrons. The zero-order valence-corrected chi connectivity index (χ0v) is 8.25. The Bertz CT molecular complexity index is 304. The third-order valence-electron chi connectivity index (χ3n) is 0.929. The van der Waals surface area contributed by atoms with E-state index >= 15 is 0 Å². The van der Waals surface area contributed by atoms with E-state index in [2.05, 4.69) is 34.7 Å². The highest BCUT2D eigenvalue weighted by Gasteiger charge is 2.07. The van der Waals surface area contributed by atoms with Crippen LogP contribution < -0.4 is 10.9 Å². The standard InChI is InChI=1S/C5H8N4O4S/c1-3(10)7-8-4-6-5(9-12-4)14-13-11-2/h1-2H3,(H,7,10)(H,6,8,9). The number of nitrogens with zero attached hydrogens (tertiary/aromatic N) is 2. The fraction of sp³-hybridized carbons (Fsp3) is 0.400. The van der Waals surface area contributed by atoms with Gasteiger partial charge in [-0.2, -0.15) is 9.32 Å². The van der Waals surface area contributed by atoms with Crippen molar-refractivity contribution in [3.8, 4) is 0 Å². The Morgan fingerprint density at radius 3 is 3.07 bits per heavy atom. The van der Waals surface area contributed by atoms with Gasteiger partial charge < -0.3 is 4.52 Å². The topological polar surface area (TPSA) is 98.5 Å². The lowest BCUT2D eigenvalue weighted by Gasteiger charge is -1.97. The van der Waals surface area contributed by atoms with Crippen molar-refractivity contribution in [2.75, 3.05) is 12.5 Å². The van der Waals surface area contributed by atoms with Crippen molar-refractivity contribution in [1.82, 2.24) is 15.6 Å². The fourth-order valence-electron chi connectivity index (χ4n) is 0.501. The third-order valence-corrected chi connectivity index (χ3v) is 1.45. The quantitative estimate of drug-likeness (QED) is 0.410. The van der Waals surface area contributed by atoms with Crippen LogP contribution in [-0.4, -0.2) is 23.2 Å². The highest BCUT2D eigenvalue weighted by molar-refractivity contribution is 7.94. The SMILES string of the molecule is COOSc1noc(NNC(C)=O)n1. The average Bonchev–Trinajstić information content (AvgIpc) is 2.59. The summed E-state index contributed by atoms with van der Waals surface area (Å²) in [6, 6.07) is 0.0578. The van der Waals surface area contributed by atoms with E-state index in [0.717, 1.165) is 12.0 Å². The maximum atomic E-state index is 10.5. The highest BCUT2D eigenvalue weighted by Crippen LogP contribution is 2.16. The Kier molecular flexibility index (Phi) is 4.16. The molecule has 9 heteroatoms. The van der Waals surface area contributed by atoms with E-state index < -0.39 is 0 Å². The van der Waals surface area contributed by atoms with Gasteiger partial charge in [0.25, 0.3) is 5.16 Å². The highest BCUT2D eigenvalue weighted by atomic mass is 32.2. The molecule has 78 valence electrons. The first-order valence-corrected chi connectivity index (χ1v) is 4.20. The van der Waals surface area contributed by atoms with Gasteiger partial charge in [0.05, 0.1) is 7.11 Å². The van der Waals surface area contributed by atoms with Crippen molar-refractivity contribution in [1.29, 1.82) is 0 Å². The number of rotatable bonds is 5. The second-order valence-corrected chi connectivity index (χ2v) is 2.67. The van der Waals surface area contributed by atoms with E-state index in [1.165, 1.54) is 14.0 Å². The van der Waals surface area contributed by atoms with Crippen molar-refractivity contribution in [3.05, 3.63) is 0 Å². The van der Waals surface area contributed by atoms with Crippen molar-refractivity contribution in [2.24, 2.45) is 0 Å². The molecule has 1 heterocycles. The molecular weight excluding hydrogens is 212 g/mol. The van der Waals surface area contributed by atoms with E-state index in [1.807, 2.05) is 0 Å². The number of carbonyl (C=O) groups excluding carboxylic acids is 1. The Morgan fingerprint density at radius 1 is 1.64 bits per heavy atom. The van der Waals surface area contributed by atoms with Gasteiger partial charge in [0, 0.05) is 6.92 Å². The summed E-state index contributed by atoms with van der Waals surface area (Å²) in [5.41, 5.74) is 4.66.